The highest BCUT2D eigenvalue weighted by molar-refractivity contribution is 7.27. The summed E-state index contributed by atoms with van der Waals surface area (Å²) >= 11 is 5.58. The van der Waals surface area contributed by atoms with Crippen molar-refractivity contribution in [1.29, 1.82) is 0 Å². The van der Waals surface area contributed by atoms with Gasteiger partial charge in [0.1, 0.15) is 0 Å². The number of nitrogens with zero attached hydrogens (tertiary/aromatic N) is 10. The second-order valence-electron chi connectivity index (χ2n) is 33.5. The van der Waals surface area contributed by atoms with Gasteiger partial charge in [-0.25, -0.2) is 29.9 Å². The van der Waals surface area contributed by atoms with E-state index in [-0.39, 0.29) is 0 Å². The van der Waals surface area contributed by atoms with E-state index in [1.54, 1.807) is 0 Å². The van der Waals surface area contributed by atoms with Crippen LogP contribution in [0.1, 0.15) is 0 Å². The largest absolute Gasteiger partial charge is 0.309 e. The number of hydrogen-bond donors (Lipinski definition) is 0. The van der Waals surface area contributed by atoms with Gasteiger partial charge in [0.25, 0.3) is 0 Å². The molecule has 0 aliphatic carbocycles. The SMILES string of the molecule is c1cc(-c2ccnc(-n3c4ccccc4c4c5sc6ccccc6c5ccc43)n2)cc(-n2c3ccccc3c3ccccc32)c1.c1ccc(-c2ccc(-c3cccc(-c4ccnc(-n5c6ccccc6c6c7sc8ccccc8c7ccc65)n4)c3)cc2)cc1.c1ccc(-c2ccc3c4c5sc6ccccc6c5ccc4n(-c4nc(-c5ccccc5)cc(-c5ccccc5)n4)c3c2)cc1. The van der Waals surface area contributed by atoms with Gasteiger partial charge in [-0.15, -0.1) is 34.0 Å². The Balaban J connectivity index is 0.000000104. The molecular weight excluding hydrogens is 1680 g/mol. The van der Waals surface area contributed by atoms with Crippen molar-refractivity contribution in [2.75, 3.05) is 0 Å². The van der Waals surface area contributed by atoms with Gasteiger partial charge in [0.05, 0.1) is 66.9 Å². The van der Waals surface area contributed by atoms with Crippen LogP contribution in [-0.2, 0) is 0 Å². The maximum atomic E-state index is 5.25. The molecule has 0 fully saturated rings. The minimum Gasteiger partial charge on any atom is -0.309 e. The van der Waals surface area contributed by atoms with Crippen molar-refractivity contribution in [2.24, 2.45) is 0 Å². The molecule has 10 heterocycles. The van der Waals surface area contributed by atoms with Crippen molar-refractivity contribution in [3.8, 4) is 102 Å². The van der Waals surface area contributed by atoms with Crippen molar-refractivity contribution >= 4 is 182 Å². The molecule has 0 unspecified atom stereocenters. The van der Waals surface area contributed by atoms with E-state index in [9.17, 15) is 0 Å². The highest BCUT2D eigenvalue weighted by atomic mass is 32.1. The van der Waals surface area contributed by atoms with Gasteiger partial charge in [-0.05, 0) is 137 Å². The molecule has 0 saturated carbocycles. The molecule has 0 spiro atoms. The summed E-state index contributed by atoms with van der Waals surface area (Å²) in [5.74, 6) is 2.00. The fourth-order valence-corrected chi connectivity index (χ4v) is 23.6. The van der Waals surface area contributed by atoms with E-state index in [0.717, 1.165) is 94.9 Å². The topological polar surface area (TPSA) is 97.1 Å². The molecule has 0 radical (unpaired) electrons. The van der Waals surface area contributed by atoms with Crippen molar-refractivity contribution in [2.45, 2.75) is 0 Å². The maximum Gasteiger partial charge on any atom is 0.235 e. The quantitative estimate of drug-likeness (QED) is 0.128. The molecule has 622 valence electrons. The number of benzene rings is 18. The van der Waals surface area contributed by atoms with E-state index in [2.05, 4.69) is 425 Å². The van der Waals surface area contributed by atoms with Crippen LogP contribution in [-0.4, -0.2) is 48.2 Å². The predicted molar refractivity (Wildman–Crippen MR) is 560 cm³/mol. The third-order valence-corrected chi connectivity index (χ3v) is 29.6. The number of rotatable bonds is 11. The lowest BCUT2D eigenvalue weighted by molar-refractivity contribution is 0.992. The van der Waals surface area contributed by atoms with E-state index in [1.807, 2.05) is 76.7 Å². The lowest BCUT2D eigenvalue weighted by Crippen LogP contribution is -2.04. The number of aromatic nitrogens is 10. The van der Waals surface area contributed by atoms with E-state index in [1.165, 1.54) is 137 Å². The number of thiophene rings is 3. The van der Waals surface area contributed by atoms with Crippen LogP contribution < -0.4 is 0 Å². The molecule has 10 aromatic heterocycles. The van der Waals surface area contributed by atoms with Gasteiger partial charge in [-0.2, -0.15) is 0 Å². The van der Waals surface area contributed by atoms with Gasteiger partial charge in [-0.1, -0.05) is 334 Å². The summed E-state index contributed by atoms with van der Waals surface area (Å²) in [6.45, 7) is 0. The zero-order chi connectivity index (χ0) is 87.6. The summed E-state index contributed by atoms with van der Waals surface area (Å²) in [6.07, 6.45) is 3.75. The number of para-hydroxylation sites is 4. The lowest BCUT2D eigenvalue weighted by Gasteiger charge is -2.12. The van der Waals surface area contributed by atoms with E-state index < -0.39 is 0 Å². The van der Waals surface area contributed by atoms with Crippen molar-refractivity contribution in [1.82, 2.24) is 48.2 Å². The van der Waals surface area contributed by atoms with Gasteiger partial charge in [0.2, 0.25) is 17.8 Å². The lowest BCUT2D eigenvalue weighted by atomic mass is 9.98. The first-order valence-electron chi connectivity index (χ1n) is 44.6. The zero-order valence-corrected chi connectivity index (χ0v) is 73.9. The molecule has 18 aromatic carbocycles. The van der Waals surface area contributed by atoms with E-state index in [4.69, 9.17) is 29.9 Å². The Morgan fingerprint density at radius 1 is 0.165 bits per heavy atom. The third-order valence-electron chi connectivity index (χ3n) is 25.9. The summed E-state index contributed by atoms with van der Waals surface area (Å²) in [5.41, 5.74) is 25.1. The highest BCUT2D eigenvalue weighted by Crippen LogP contribution is 2.49. The summed E-state index contributed by atoms with van der Waals surface area (Å²) in [6, 6.07) is 155. The second kappa shape index (κ2) is 32.1. The first-order chi connectivity index (χ1) is 66.0. The Labute approximate surface area is 775 Å². The van der Waals surface area contributed by atoms with E-state index in [0.29, 0.717) is 17.8 Å². The molecule has 0 amide bonds. The van der Waals surface area contributed by atoms with Crippen LogP contribution in [0.4, 0.5) is 0 Å². The first-order valence-corrected chi connectivity index (χ1v) is 47.0. The van der Waals surface area contributed by atoms with Crippen molar-refractivity contribution in [3.05, 3.63) is 449 Å². The van der Waals surface area contributed by atoms with Gasteiger partial charge in [0, 0.05) is 144 Å². The Kier molecular flexibility index (Phi) is 18.6. The smallest absolute Gasteiger partial charge is 0.235 e. The Morgan fingerprint density at radius 2 is 0.474 bits per heavy atom. The Hall–Kier alpha value is -16.9. The highest BCUT2D eigenvalue weighted by Gasteiger charge is 2.26. The minimum atomic E-state index is 0.663. The molecule has 28 rings (SSSR count). The summed E-state index contributed by atoms with van der Waals surface area (Å²) in [4.78, 5) is 30.5. The van der Waals surface area contributed by atoms with Gasteiger partial charge >= 0.3 is 0 Å². The summed E-state index contributed by atoms with van der Waals surface area (Å²) < 4.78 is 16.9. The Bertz CT molecular complexity index is 9370. The molecule has 0 bridgehead atoms. The minimum absolute atomic E-state index is 0.663. The number of hydrogen-bond acceptors (Lipinski definition) is 9. The summed E-state index contributed by atoms with van der Waals surface area (Å²) in [7, 11) is 0. The van der Waals surface area contributed by atoms with Gasteiger partial charge in [-0.3, -0.25) is 13.7 Å². The van der Waals surface area contributed by atoms with Crippen LogP contribution in [0.25, 0.3) is 250 Å². The maximum absolute atomic E-state index is 5.25. The molecule has 133 heavy (non-hydrogen) atoms. The van der Waals surface area contributed by atoms with Crippen LogP contribution in [0.2, 0.25) is 0 Å². The molecule has 0 aliphatic rings. The molecule has 0 saturated heterocycles. The molecular formula is C120H74N10S3. The van der Waals surface area contributed by atoms with Crippen LogP contribution in [0.3, 0.4) is 0 Å². The molecule has 0 aliphatic heterocycles. The Morgan fingerprint density at radius 3 is 0.932 bits per heavy atom. The van der Waals surface area contributed by atoms with Gasteiger partial charge < -0.3 is 4.57 Å². The monoisotopic (exact) mass is 1750 g/mol. The molecule has 10 nitrogen and oxygen atoms in total. The van der Waals surface area contributed by atoms with E-state index >= 15 is 0 Å². The molecule has 28 aromatic rings. The predicted octanol–water partition coefficient (Wildman–Crippen LogP) is 32.6. The van der Waals surface area contributed by atoms with Gasteiger partial charge in [0.15, 0.2) is 0 Å². The standard InChI is InChI=1S/C40H24N4S.2C40H25N3S/c1-5-16-33-27(12-1)28-13-2-6-17-34(28)43(33)26-11-9-10-25(24-26)32-22-23-41-40(42-32)44-35-18-7-3-15-31(35)38-36(44)21-20-30-29-14-4-8-19-37(29)45-39(30)38;1-4-12-26(13-5-1)29-20-21-32-36(24-29)43(35-23-22-31-30-18-10-11-19-37(30)44-39(31)38(32)35)40-41-33(27-14-6-2-7-15-27)25-34(42-40)28-16-8-3-9-17-28;1-2-9-26(10-3-1)27-17-19-28(20-18-27)29-11-8-12-30(25-29)34-23-24-41-40(42-34)43-35-15-6-4-14-33(35)38-36(43)22-21-32-31-13-5-7-16-37(31)44-39(32)38/h1-24H;2*1-25H. The first kappa shape index (κ1) is 77.2. The summed E-state index contributed by atoms with van der Waals surface area (Å²) in [5, 5.41) is 17.7. The van der Waals surface area contributed by atoms with Crippen LogP contribution >= 0.6 is 34.0 Å². The van der Waals surface area contributed by atoms with Crippen molar-refractivity contribution < 1.29 is 0 Å². The normalized spacial score (nSPS) is 11.8. The third kappa shape index (κ3) is 13.2. The van der Waals surface area contributed by atoms with Crippen LogP contribution in [0, 0.1) is 0 Å². The fraction of sp³-hybridized carbons (Fsp3) is 0. The molecule has 0 N–H and O–H groups in total. The fourth-order valence-electron chi connectivity index (χ4n) is 19.8. The molecule has 13 heteroatoms. The van der Waals surface area contributed by atoms with Crippen LogP contribution in [0.5, 0.6) is 0 Å². The van der Waals surface area contributed by atoms with Crippen molar-refractivity contribution in [3.63, 3.8) is 0 Å². The molecule has 0 atom stereocenters. The number of fused-ring (bicyclic) bond motifs is 24. The zero-order valence-electron chi connectivity index (χ0n) is 71.4. The average molecular weight is 1750 g/mol. The van der Waals surface area contributed by atoms with Crippen LogP contribution in [0.15, 0.2) is 449 Å². The second-order valence-corrected chi connectivity index (χ2v) is 36.7. The average Bonchev–Trinajstić information content (AvgIpc) is 1.57.